The molecule has 82 valence electrons. The monoisotopic (exact) mass is 252 g/mol. The van der Waals surface area contributed by atoms with Gasteiger partial charge in [-0.3, -0.25) is 0 Å². The molecule has 0 atom stereocenters. The second-order valence-electron chi connectivity index (χ2n) is 3.28. The summed E-state index contributed by atoms with van der Waals surface area (Å²) in [4.78, 5) is 0. The van der Waals surface area contributed by atoms with Gasteiger partial charge in [0, 0.05) is 5.88 Å². The number of hydrogen-bond donors (Lipinski definition) is 0. The van der Waals surface area contributed by atoms with Crippen molar-refractivity contribution in [1.82, 2.24) is 0 Å². The van der Waals surface area contributed by atoms with Crippen molar-refractivity contribution in [3.8, 4) is 11.5 Å². The average molecular weight is 253 g/mol. The Labute approximate surface area is 105 Å². The van der Waals surface area contributed by atoms with Crippen molar-refractivity contribution in [2.45, 2.75) is 5.88 Å². The molecule has 0 aliphatic heterocycles. The van der Waals surface area contributed by atoms with Crippen LogP contribution in [-0.2, 0) is 5.88 Å². The fraction of sp³-hybridized carbons (Fsp3) is 0.0769. The van der Waals surface area contributed by atoms with Crippen molar-refractivity contribution in [2.75, 3.05) is 0 Å². The van der Waals surface area contributed by atoms with Crippen LogP contribution in [0.2, 0.25) is 5.02 Å². The Morgan fingerprint density at radius 3 is 2.38 bits per heavy atom. The molecule has 0 aliphatic carbocycles. The number of alkyl halides is 1. The van der Waals surface area contributed by atoms with E-state index in [-0.39, 0.29) is 0 Å². The second-order valence-corrected chi connectivity index (χ2v) is 3.92. The number of para-hydroxylation sites is 1. The second kappa shape index (κ2) is 5.24. The molecular formula is C13H10Cl2O. The Kier molecular flexibility index (Phi) is 3.70. The average Bonchev–Trinajstić information content (AvgIpc) is 2.33. The fourth-order valence-corrected chi connectivity index (χ4v) is 1.88. The highest BCUT2D eigenvalue weighted by Gasteiger charge is 2.06. The van der Waals surface area contributed by atoms with E-state index < -0.39 is 0 Å². The Morgan fingerprint density at radius 1 is 0.938 bits per heavy atom. The maximum absolute atomic E-state index is 6.15. The lowest BCUT2D eigenvalue weighted by Crippen LogP contribution is -1.88. The number of benzene rings is 2. The maximum atomic E-state index is 6.15. The molecule has 0 aliphatic rings. The van der Waals surface area contributed by atoms with Crippen LogP contribution in [0.1, 0.15) is 5.56 Å². The molecule has 16 heavy (non-hydrogen) atoms. The SMILES string of the molecule is ClCc1cccc(Oc2ccccc2)c1Cl. The number of hydrogen-bond acceptors (Lipinski definition) is 1. The van der Waals surface area contributed by atoms with Crippen LogP contribution in [0.5, 0.6) is 11.5 Å². The van der Waals surface area contributed by atoms with E-state index in [1.165, 1.54) is 0 Å². The smallest absolute Gasteiger partial charge is 0.146 e. The molecule has 0 fully saturated rings. The molecule has 2 aromatic rings. The molecule has 0 heterocycles. The Morgan fingerprint density at radius 2 is 1.69 bits per heavy atom. The highest BCUT2D eigenvalue weighted by Crippen LogP contribution is 2.32. The van der Waals surface area contributed by atoms with Gasteiger partial charge in [0.1, 0.15) is 11.5 Å². The molecule has 0 saturated carbocycles. The topological polar surface area (TPSA) is 9.23 Å². The van der Waals surface area contributed by atoms with E-state index >= 15 is 0 Å². The molecule has 0 aromatic heterocycles. The molecule has 3 heteroatoms. The minimum atomic E-state index is 0.380. The van der Waals surface area contributed by atoms with Crippen LogP contribution in [0, 0.1) is 0 Å². The lowest BCUT2D eigenvalue weighted by Gasteiger charge is -2.09. The van der Waals surface area contributed by atoms with E-state index in [0.717, 1.165) is 11.3 Å². The predicted octanol–water partition coefficient (Wildman–Crippen LogP) is 4.87. The first-order chi connectivity index (χ1) is 7.81. The third-order valence-corrected chi connectivity index (χ3v) is 2.88. The van der Waals surface area contributed by atoms with Crippen LogP contribution in [0.3, 0.4) is 0 Å². The van der Waals surface area contributed by atoms with Gasteiger partial charge in [-0.05, 0) is 23.8 Å². The van der Waals surface area contributed by atoms with Crippen molar-refractivity contribution in [3.05, 3.63) is 59.1 Å². The summed E-state index contributed by atoms with van der Waals surface area (Å²) in [6.07, 6.45) is 0. The normalized spacial score (nSPS) is 10.1. The molecule has 0 radical (unpaired) electrons. The first kappa shape index (κ1) is 11.3. The van der Waals surface area contributed by atoms with Crippen molar-refractivity contribution in [3.63, 3.8) is 0 Å². The van der Waals surface area contributed by atoms with Crippen LogP contribution in [0.15, 0.2) is 48.5 Å². The Hall–Kier alpha value is -1.18. The van der Waals surface area contributed by atoms with Gasteiger partial charge in [0.05, 0.1) is 5.02 Å². The zero-order valence-electron chi connectivity index (χ0n) is 8.49. The van der Waals surface area contributed by atoms with Gasteiger partial charge >= 0.3 is 0 Å². The molecule has 2 aromatic carbocycles. The summed E-state index contributed by atoms with van der Waals surface area (Å²) in [7, 11) is 0. The summed E-state index contributed by atoms with van der Waals surface area (Å²) in [5.41, 5.74) is 0.872. The summed E-state index contributed by atoms with van der Waals surface area (Å²) in [6.45, 7) is 0. The molecule has 0 amide bonds. The zero-order chi connectivity index (χ0) is 11.4. The van der Waals surface area contributed by atoms with Gasteiger partial charge in [-0.2, -0.15) is 0 Å². The predicted molar refractivity (Wildman–Crippen MR) is 67.5 cm³/mol. The largest absolute Gasteiger partial charge is 0.456 e. The standard InChI is InChI=1S/C13H10Cl2O/c14-9-10-5-4-8-12(13(10)15)16-11-6-2-1-3-7-11/h1-8H,9H2. The third-order valence-electron chi connectivity index (χ3n) is 2.16. The van der Waals surface area contributed by atoms with Crippen LogP contribution in [0.4, 0.5) is 0 Å². The van der Waals surface area contributed by atoms with Crippen molar-refractivity contribution >= 4 is 23.2 Å². The van der Waals surface area contributed by atoms with E-state index in [4.69, 9.17) is 27.9 Å². The Bertz CT molecular complexity index is 469. The third kappa shape index (κ3) is 2.49. The van der Waals surface area contributed by atoms with E-state index in [2.05, 4.69) is 0 Å². The van der Waals surface area contributed by atoms with Gasteiger partial charge in [0.25, 0.3) is 0 Å². The molecular weight excluding hydrogens is 243 g/mol. The van der Waals surface area contributed by atoms with Gasteiger partial charge in [-0.1, -0.05) is 41.9 Å². The van der Waals surface area contributed by atoms with Crippen LogP contribution < -0.4 is 4.74 Å². The molecule has 0 bridgehead atoms. The first-order valence-corrected chi connectivity index (χ1v) is 5.79. The summed E-state index contributed by atoms with van der Waals surface area (Å²) >= 11 is 11.9. The summed E-state index contributed by atoms with van der Waals surface area (Å²) in [5.74, 6) is 1.77. The lowest BCUT2D eigenvalue weighted by molar-refractivity contribution is 0.482. The number of ether oxygens (including phenoxy) is 1. The highest BCUT2D eigenvalue weighted by atomic mass is 35.5. The summed E-state index contributed by atoms with van der Waals surface area (Å²) in [6, 6.07) is 15.1. The zero-order valence-corrected chi connectivity index (χ0v) is 10.0. The van der Waals surface area contributed by atoms with E-state index in [1.54, 1.807) is 0 Å². The molecule has 0 saturated heterocycles. The van der Waals surface area contributed by atoms with Crippen molar-refractivity contribution < 1.29 is 4.74 Å². The first-order valence-electron chi connectivity index (χ1n) is 4.87. The maximum Gasteiger partial charge on any atom is 0.146 e. The quantitative estimate of drug-likeness (QED) is 0.709. The summed E-state index contributed by atoms with van der Waals surface area (Å²) in [5, 5.41) is 0.571. The molecule has 2 rings (SSSR count). The molecule has 0 spiro atoms. The highest BCUT2D eigenvalue weighted by molar-refractivity contribution is 6.33. The van der Waals surface area contributed by atoms with Gasteiger partial charge in [-0.15, -0.1) is 11.6 Å². The van der Waals surface area contributed by atoms with E-state index in [9.17, 15) is 0 Å². The fourth-order valence-electron chi connectivity index (χ4n) is 1.35. The lowest BCUT2D eigenvalue weighted by atomic mass is 10.2. The molecule has 0 unspecified atom stereocenters. The van der Waals surface area contributed by atoms with Crippen molar-refractivity contribution in [1.29, 1.82) is 0 Å². The molecule has 1 nitrogen and oxygen atoms in total. The van der Waals surface area contributed by atoms with Gasteiger partial charge in [0.2, 0.25) is 0 Å². The van der Waals surface area contributed by atoms with Crippen molar-refractivity contribution in [2.24, 2.45) is 0 Å². The van der Waals surface area contributed by atoms with Gasteiger partial charge in [0.15, 0.2) is 0 Å². The number of halogens is 2. The Balaban J connectivity index is 2.28. The number of rotatable bonds is 3. The van der Waals surface area contributed by atoms with Gasteiger partial charge in [-0.25, -0.2) is 0 Å². The minimum Gasteiger partial charge on any atom is -0.456 e. The van der Waals surface area contributed by atoms with Crippen LogP contribution in [0.25, 0.3) is 0 Å². The van der Waals surface area contributed by atoms with Crippen LogP contribution in [-0.4, -0.2) is 0 Å². The minimum absolute atomic E-state index is 0.380. The molecule has 0 N–H and O–H groups in total. The van der Waals surface area contributed by atoms with Gasteiger partial charge < -0.3 is 4.74 Å². The van der Waals surface area contributed by atoms with E-state index in [1.807, 2.05) is 48.5 Å². The van der Waals surface area contributed by atoms with E-state index in [0.29, 0.717) is 16.7 Å². The summed E-state index contributed by atoms with van der Waals surface area (Å²) < 4.78 is 5.66. The van der Waals surface area contributed by atoms with Crippen LogP contribution >= 0.6 is 23.2 Å².